The zero-order valence-electron chi connectivity index (χ0n) is 7.92. The third kappa shape index (κ3) is 8.07. The summed E-state index contributed by atoms with van der Waals surface area (Å²) in [5, 5.41) is 2.01. The molecule has 0 fully saturated rings. The van der Waals surface area contributed by atoms with Gasteiger partial charge < -0.3 is 26.6 Å². The zero-order valence-corrected chi connectivity index (χ0v) is 8.81. The highest BCUT2D eigenvalue weighted by molar-refractivity contribution is 7.51. The van der Waals surface area contributed by atoms with Crippen LogP contribution in [0.1, 0.15) is 12.8 Å². The van der Waals surface area contributed by atoms with Crippen molar-refractivity contribution in [3.05, 3.63) is 0 Å². The molecule has 0 aliphatic rings. The van der Waals surface area contributed by atoms with E-state index < -0.39 is 31.7 Å². The molecule has 0 aromatic heterocycles. The van der Waals surface area contributed by atoms with Crippen LogP contribution in [-0.2, 0) is 14.2 Å². The topological polar surface area (TPSA) is 156 Å². The van der Waals surface area contributed by atoms with E-state index in [0.29, 0.717) is 0 Å². The van der Waals surface area contributed by atoms with E-state index in [9.17, 15) is 14.2 Å². The van der Waals surface area contributed by atoms with Crippen molar-refractivity contribution in [1.29, 1.82) is 0 Å². The van der Waals surface area contributed by atoms with E-state index in [4.69, 9.17) is 21.3 Å². The molecule has 0 aromatic rings. The first-order chi connectivity index (χ1) is 6.72. The quantitative estimate of drug-likeness (QED) is 0.332. The maximum Gasteiger partial charge on any atom is 0.344 e. The molecule has 0 unspecified atom stereocenters. The Labute approximate surface area is 86.2 Å². The van der Waals surface area contributed by atoms with Crippen LogP contribution in [0.2, 0.25) is 0 Å². The molecule has 0 saturated carbocycles. The van der Waals surface area contributed by atoms with Gasteiger partial charge in [-0.25, -0.2) is 0 Å². The van der Waals surface area contributed by atoms with Crippen LogP contribution >= 0.6 is 7.60 Å². The van der Waals surface area contributed by atoms with E-state index in [1.807, 2.05) is 5.32 Å². The molecule has 0 aliphatic carbocycles. The third-order valence-electron chi connectivity index (χ3n) is 1.53. The van der Waals surface area contributed by atoms with E-state index in [0.717, 1.165) is 0 Å². The predicted molar refractivity (Wildman–Crippen MR) is 51.5 cm³/mol. The Kier molecular flexibility index (Phi) is 5.45. The maximum atomic E-state index is 11.0. The van der Waals surface area contributed by atoms with Gasteiger partial charge in [0.1, 0.15) is 6.29 Å². The number of carbonyl (C=O) groups is 2. The Bertz CT molecular complexity index is 288. The van der Waals surface area contributed by atoms with Crippen molar-refractivity contribution < 1.29 is 23.9 Å². The van der Waals surface area contributed by atoms with E-state index >= 15 is 0 Å². The van der Waals surface area contributed by atoms with Gasteiger partial charge in [-0.05, 0) is 6.42 Å². The molecule has 7 N–H and O–H groups in total. The summed E-state index contributed by atoms with van der Waals surface area (Å²) in [6.45, 7) is 0. The molecular formula is C6H14N3O5P. The lowest BCUT2D eigenvalue weighted by Crippen LogP contribution is -2.37. The van der Waals surface area contributed by atoms with Crippen molar-refractivity contribution in [1.82, 2.24) is 5.32 Å². The second-order valence-electron chi connectivity index (χ2n) is 2.97. The maximum absolute atomic E-state index is 11.0. The zero-order chi connectivity index (χ0) is 12.1. The smallest absolute Gasteiger partial charge is 0.344 e. The summed E-state index contributed by atoms with van der Waals surface area (Å²) in [4.78, 5) is 38.3. The van der Waals surface area contributed by atoms with Gasteiger partial charge in [-0.3, -0.25) is 14.2 Å². The van der Waals surface area contributed by atoms with Crippen molar-refractivity contribution in [3.8, 4) is 0 Å². The number of nitrogens with one attached hydrogen (secondary N) is 1. The second kappa shape index (κ2) is 5.82. The summed E-state index contributed by atoms with van der Waals surface area (Å²) in [6, 6.07) is -0.925. The average Bonchev–Trinajstić information content (AvgIpc) is 2.09. The van der Waals surface area contributed by atoms with Gasteiger partial charge in [0.05, 0.1) is 6.04 Å². The molecule has 0 bridgehead atoms. The lowest BCUT2D eigenvalue weighted by Gasteiger charge is -2.08. The first-order valence-electron chi connectivity index (χ1n) is 4.08. The minimum absolute atomic E-state index is 0.0440. The number of amides is 2. The molecule has 0 radical (unpaired) electrons. The molecule has 0 aliphatic heterocycles. The minimum atomic E-state index is -4.24. The number of nitrogens with two attached hydrogens (primary N) is 2. The van der Waals surface area contributed by atoms with Gasteiger partial charge in [0.2, 0.25) is 11.8 Å². The van der Waals surface area contributed by atoms with Crippen molar-refractivity contribution in [3.63, 3.8) is 0 Å². The van der Waals surface area contributed by atoms with Crippen molar-refractivity contribution >= 4 is 19.4 Å². The van der Waals surface area contributed by atoms with E-state index in [1.165, 1.54) is 0 Å². The fourth-order valence-electron chi connectivity index (χ4n) is 0.708. The van der Waals surface area contributed by atoms with E-state index in [2.05, 4.69) is 0 Å². The molecule has 88 valence electrons. The Morgan fingerprint density at radius 2 is 1.93 bits per heavy atom. The molecule has 2 amide bonds. The monoisotopic (exact) mass is 239 g/mol. The van der Waals surface area contributed by atoms with Gasteiger partial charge in [-0.1, -0.05) is 0 Å². The number of rotatable bonds is 6. The molecule has 0 aromatic carbocycles. The summed E-state index contributed by atoms with van der Waals surface area (Å²) in [7, 11) is -4.24. The van der Waals surface area contributed by atoms with Crippen LogP contribution in [0.4, 0.5) is 0 Å². The lowest BCUT2D eigenvalue weighted by molar-refractivity contribution is -0.121. The molecular weight excluding hydrogens is 225 g/mol. The van der Waals surface area contributed by atoms with Crippen LogP contribution < -0.4 is 16.8 Å². The first-order valence-corrected chi connectivity index (χ1v) is 5.88. The van der Waals surface area contributed by atoms with Crippen LogP contribution in [0.5, 0.6) is 0 Å². The number of hydrogen-bond donors (Lipinski definition) is 5. The predicted octanol–water partition coefficient (Wildman–Crippen LogP) is -2.17. The Hall–Kier alpha value is -0.950. The molecule has 9 heteroatoms. The summed E-state index contributed by atoms with van der Waals surface area (Å²) < 4.78 is 10.4. The van der Waals surface area contributed by atoms with E-state index in [-0.39, 0.29) is 12.8 Å². The lowest BCUT2D eigenvalue weighted by atomic mass is 10.1. The first kappa shape index (κ1) is 14.1. The molecule has 0 saturated heterocycles. The number of carbonyl (C=O) groups excluding carboxylic acids is 2. The summed E-state index contributed by atoms with van der Waals surface area (Å²) in [6.07, 6.45) is -0.788. The Morgan fingerprint density at radius 3 is 2.33 bits per heavy atom. The highest BCUT2D eigenvalue weighted by Gasteiger charge is 2.16. The van der Waals surface area contributed by atoms with Crippen LogP contribution in [0.15, 0.2) is 0 Å². The highest BCUT2D eigenvalue weighted by Crippen LogP contribution is 2.31. The molecule has 8 nitrogen and oxygen atoms in total. The molecule has 1 atom stereocenters. The second-order valence-corrected chi connectivity index (χ2v) is 4.62. The van der Waals surface area contributed by atoms with Gasteiger partial charge in [-0.15, -0.1) is 0 Å². The third-order valence-corrected chi connectivity index (χ3v) is 2.10. The van der Waals surface area contributed by atoms with Crippen molar-refractivity contribution in [2.75, 3.05) is 6.29 Å². The minimum Gasteiger partial charge on any atom is -0.368 e. The fourth-order valence-corrected chi connectivity index (χ4v) is 1.09. The summed E-state index contributed by atoms with van der Waals surface area (Å²) in [5.41, 5.74) is 10.1. The van der Waals surface area contributed by atoms with Crippen LogP contribution in [0.25, 0.3) is 0 Å². The van der Waals surface area contributed by atoms with Crippen LogP contribution in [0, 0.1) is 0 Å². The summed E-state index contributed by atoms with van der Waals surface area (Å²) >= 11 is 0. The normalized spacial score (nSPS) is 13.3. The Balaban J connectivity index is 3.77. The number of hydrogen-bond acceptors (Lipinski definition) is 4. The largest absolute Gasteiger partial charge is 0.368 e. The molecule has 0 spiro atoms. The standard InChI is InChI=1S/C6H14N3O5P/c7-4(6(8)11)1-2-5(10)9-3-15(12,13)14/h4H,1-3,7H2,(H2,8,11)(H,9,10)(H2,12,13,14)/t4-/m0/s1. The SMILES string of the molecule is NC(=O)[C@@H](N)CCC(=O)NCP(=O)(O)O. The van der Waals surface area contributed by atoms with Gasteiger partial charge in [-0.2, -0.15) is 0 Å². The van der Waals surface area contributed by atoms with Crippen LogP contribution in [-0.4, -0.2) is 33.9 Å². The highest BCUT2D eigenvalue weighted by atomic mass is 31.2. The van der Waals surface area contributed by atoms with Gasteiger partial charge >= 0.3 is 7.60 Å². The van der Waals surface area contributed by atoms with Crippen LogP contribution in [0.3, 0.4) is 0 Å². The average molecular weight is 239 g/mol. The molecule has 15 heavy (non-hydrogen) atoms. The van der Waals surface area contributed by atoms with Gasteiger partial charge in [0, 0.05) is 6.42 Å². The van der Waals surface area contributed by atoms with Gasteiger partial charge in [0.15, 0.2) is 0 Å². The molecule has 0 rings (SSSR count). The number of primary amides is 1. The molecule has 0 heterocycles. The Morgan fingerprint density at radius 1 is 1.40 bits per heavy atom. The van der Waals surface area contributed by atoms with Gasteiger partial charge in [0.25, 0.3) is 0 Å². The van der Waals surface area contributed by atoms with Crippen molar-refractivity contribution in [2.45, 2.75) is 18.9 Å². The fraction of sp³-hybridized carbons (Fsp3) is 0.667. The van der Waals surface area contributed by atoms with E-state index in [1.54, 1.807) is 0 Å². The summed E-state index contributed by atoms with van der Waals surface area (Å²) in [5.74, 6) is -1.31. The van der Waals surface area contributed by atoms with Crippen molar-refractivity contribution in [2.24, 2.45) is 11.5 Å².